The van der Waals surface area contributed by atoms with Crippen LogP contribution in [0.25, 0.3) is 6.08 Å². The van der Waals surface area contributed by atoms with Crippen LogP contribution < -0.4 is 0 Å². The number of benzene rings is 1. The van der Waals surface area contributed by atoms with Gasteiger partial charge < -0.3 is 5.11 Å². The number of carbonyl (C=O) groups is 1. The second-order valence-corrected chi connectivity index (χ2v) is 6.35. The Morgan fingerprint density at radius 2 is 1.92 bits per heavy atom. The topological polar surface area (TPSA) is 50.2 Å². The lowest BCUT2D eigenvalue weighted by molar-refractivity contribution is -0.138. The zero-order chi connectivity index (χ0) is 17.9. The van der Waals surface area contributed by atoms with Gasteiger partial charge in [0.05, 0.1) is 11.3 Å². The first-order valence-electron chi connectivity index (χ1n) is 6.59. The predicted octanol–water partition coefficient (Wildman–Crippen LogP) is 5.39. The van der Waals surface area contributed by atoms with Crippen molar-refractivity contribution in [2.75, 3.05) is 0 Å². The van der Waals surface area contributed by atoms with Crippen LogP contribution in [0.4, 0.5) is 13.2 Å². The van der Waals surface area contributed by atoms with Crippen LogP contribution in [0, 0.1) is 0 Å². The fourth-order valence-corrected chi connectivity index (χ4v) is 2.75. The highest BCUT2D eigenvalue weighted by Crippen LogP contribution is 2.36. The van der Waals surface area contributed by atoms with Gasteiger partial charge in [0.15, 0.2) is 0 Å². The quantitative estimate of drug-likeness (QED) is 0.730. The fraction of sp³-hybridized carbons (Fsp3) is 0.125. The van der Waals surface area contributed by atoms with Crippen molar-refractivity contribution < 1.29 is 23.1 Å². The number of aliphatic carboxylic acids is 1. The summed E-state index contributed by atoms with van der Waals surface area (Å²) in [5.74, 6) is -1.17. The molecule has 126 valence electrons. The maximum absolute atomic E-state index is 12.9. The van der Waals surface area contributed by atoms with Crippen molar-refractivity contribution in [3.8, 4) is 0 Å². The number of aromatic nitrogens is 1. The van der Waals surface area contributed by atoms with Crippen molar-refractivity contribution in [2.45, 2.75) is 22.9 Å². The van der Waals surface area contributed by atoms with Gasteiger partial charge in [0, 0.05) is 26.6 Å². The Hall–Kier alpha value is -1.99. The van der Waals surface area contributed by atoms with Gasteiger partial charge in [-0.25, -0.2) is 4.79 Å². The lowest BCUT2D eigenvalue weighted by atomic mass is 10.2. The lowest BCUT2D eigenvalue weighted by Gasteiger charge is -2.11. The van der Waals surface area contributed by atoms with Gasteiger partial charge in [0.25, 0.3) is 0 Å². The van der Waals surface area contributed by atoms with Gasteiger partial charge >= 0.3 is 12.1 Å². The molecular formula is C16H11ClF3NO2S. The number of rotatable bonds is 4. The normalized spacial score (nSPS) is 12.3. The van der Waals surface area contributed by atoms with Crippen molar-refractivity contribution in [1.82, 2.24) is 4.98 Å². The zero-order valence-electron chi connectivity index (χ0n) is 12.3. The van der Waals surface area contributed by atoms with Gasteiger partial charge in [-0.3, -0.25) is 4.98 Å². The molecule has 1 heterocycles. The third-order valence-electron chi connectivity index (χ3n) is 2.94. The van der Waals surface area contributed by atoms with E-state index >= 15 is 0 Å². The van der Waals surface area contributed by atoms with E-state index in [0.717, 1.165) is 17.8 Å². The smallest absolute Gasteiger partial charge is 0.417 e. The van der Waals surface area contributed by atoms with Gasteiger partial charge in [0.2, 0.25) is 0 Å². The van der Waals surface area contributed by atoms with Gasteiger partial charge in [-0.05, 0) is 43.3 Å². The van der Waals surface area contributed by atoms with E-state index < -0.39 is 17.7 Å². The summed E-state index contributed by atoms with van der Waals surface area (Å²) in [7, 11) is 0. The minimum Gasteiger partial charge on any atom is -0.478 e. The molecule has 0 saturated heterocycles. The SMILES string of the molecule is C/C(=C\c1ncc(C(F)(F)F)cc1Sc1ccc(Cl)cc1)C(=O)O. The molecule has 0 aliphatic heterocycles. The Morgan fingerprint density at radius 1 is 1.29 bits per heavy atom. The molecule has 0 fully saturated rings. The van der Waals surface area contributed by atoms with Crippen molar-refractivity contribution >= 4 is 35.4 Å². The Bertz CT molecular complexity index is 789. The summed E-state index contributed by atoms with van der Waals surface area (Å²) in [4.78, 5) is 15.6. The summed E-state index contributed by atoms with van der Waals surface area (Å²) in [6, 6.07) is 7.49. The van der Waals surface area contributed by atoms with E-state index in [1.165, 1.54) is 13.0 Å². The largest absolute Gasteiger partial charge is 0.478 e. The Morgan fingerprint density at radius 3 is 2.46 bits per heavy atom. The molecule has 0 spiro atoms. The number of hydrogen-bond acceptors (Lipinski definition) is 3. The maximum atomic E-state index is 12.9. The van der Waals surface area contributed by atoms with E-state index in [9.17, 15) is 18.0 Å². The van der Waals surface area contributed by atoms with Crippen LogP contribution in [-0.4, -0.2) is 16.1 Å². The van der Waals surface area contributed by atoms with E-state index in [2.05, 4.69) is 4.98 Å². The molecule has 2 rings (SSSR count). The highest BCUT2D eigenvalue weighted by atomic mass is 35.5. The number of alkyl halides is 3. The predicted molar refractivity (Wildman–Crippen MR) is 86.1 cm³/mol. The molecule has 0 unspecified atom stereocenters. The number of hydrogen-bond donors (Lipinski definition) is 1. The molecule has 8 heteroatoms. The second kappa shape index (κ2) is 7.27. The highest BCUT2D eigenvalue weighted by molar-refractivity contribution is 7.99. The summed E-state index contributed by atoms with van der Waals surface area (Å²) >= 11 is 6.84. The summed E-state index contributed by atoms with van der Waals surface area (Å²) in [5, 5.41) is 9.44. The van der Waals surface area contributed by atoms with Crippen LogP contribution in [0.2, 0.25) is 5.02 Å². The molecule has 0 aliphatic rings. The van der Waals surface area contributed by atoms with E-state index in [-0.39, 0.29) is 16.2 Å². The molecule has 1 aromatic carbocycles. The van der Waals surface area contributed by atoms with Crippen molar-refractivity contribution in [3.63, 3.8) is 0 Å². The van der Waals surface area contributed by atoms with Crippen LogP contribution in [0.1, 0.15) is 18.2 Å². The van der Waals surface area contributed by atoms with Gasteiger partial charge in [-0.1, -0.05) is 23.4 Å². The van der Waals surface area contributed by atoms with Crippen molar-refractivity contribution in [2.24, 2.45) is 0 Å². The van der Waals surface area contributed by atoms with Crippen LogP contribution in [0.5, 0.6) is 0 Å². The summed E-state index contributed by atoms with van der Waals surface area (Å²) < 4.78 is 38.7. The summed E-state index contributed by atoms with van der Waals surface area (Å²) in [5.41, 5.74) is -0.771. The molecule has 0 atom stereocenters. The molecule has 0 bridgehead atoms. The monoisotopic (exact) mass is 373 g/mol. The molecule has 3 nitrogen and oxygen atoms in total. The highest BCUT2D eigenvalue weighted by Gasteiger charge is 2.31. The summed E-state index contributed by atoms with van der Waals surface area (Å²) in [6.45, 7) is 1.35. The first-order valence-corrected chi connectivity index (χ1v) is 7.78. The average Bonchev–Trinajstić information content (AvgIpc) is 2.50. The second-order valence-electron chi connectivity index (χ2n) is 4.79. The number of pyridine rings is 1. The Labute approximate surface area is 145 Å². The minimum absolute atomic E-state index is 0.0276. The van der Waals surface area contributed by atoms with Crippen LogP contribution in [0.3, 0.4) is 0 Å². The van der Waals surface area contributed by atoms with E-state index in [1.807, 2.05) is 0 Å². The van der Waals surface area contributed by atoms with Gasteiger partial charge in [0.1, 0.15) is 0 Å². The molecule has 24 heavy (non-hydrogen) atoms. The lowest BCUT2D eigenvalue weighted by Crippen LogP contribution is -2.06. The number of carboxylic acids is 1. The number of nitrogens with zero attached hydrogens (tertiary/aromatic N) is 1. The average molecular weight is 374 g/mol. The molecule has 1 aromatic heterocycles. The Kier molecular flexibility index (Phi) is 5.56. The van der Waals surface area contributed by atoms with Crippen LogP contribution in [-0.2, 0) is 11.0 Å². The van der Waals surface area contributed by atoms with Crippen LogP contribution in [0.15, 0.2) is 51.9 Å². The first-order chi connectivity index (χ1) is 11.2. The first kappa shape index (κ1) is 18.4. The molecular weight excluding hydrogens is 363 g/mol. The fourth-order valence-electron chi connectivity index (χ4n) is 1.70. The molecule has 0 radical (unpaired) electrons. The third kappa shape index (κ3) is 4.75. The third-order valence-corrected chi connectivity index (χ3v) is 4.25. The molecule has 1 N–H and O–H groups in total. The number of carboxylic acid groups (broad SMARTS) is 1. The molecule has 0 amide bonds. The standard InChI is InChI=1S/C16H11ClF3NO2S/c1-9(15(22)23)6-13-14(7-10(8-21-13)16(18,19)20)24-12-4-2-11(17)3-5-12/h2-8H,1H3,(H,22,23)/b9-6+. The zero-order valence-corrected chi connectivity index (χ0v) is 13.8. The molecule has 2 aromatic rings. The van der Waals surface area contributed by atoms with Gasteiger partial charge in [-0.2, -0.15) is 13.2 Å². The molecule has 0 aliphatic carbocycles. The van der Waals surface area contributed by atoms with Crippen LogP contribution >= 0.6 is 23.4 Å². The van der Waals surface area contributed by atoms with Crippen molar-refractivity contribution in [3.05, 3.63) is 58.4 Å². The van der Waals surface area contributed by atoms with E-state index in [4.69, 9.17) is 16.7 Å². The number of halogens is 4. The van der Waals surface area contributed by atoms with E-state index in [0.29, 0.717) is 16.1 Å². The molecule has 0 saturated carbocycles. The Balaban J connectivity index is 2.49. The summed E-state index contributed by atoms with van der Waals surface area (Å²) in [6.07, 6.45) is -2.61. The van der Waals surface area contributed by atoms with E-state index in [1.54, 1.807) is 24.3 Å². The maximum Gasteiger partial charge on any atom is 0.417 e. The minimum atomic E-state index is -4.54. The van der Waals surface area contributed by atoms with Crippen molar-refractivity contribution in [1.29, 1.82) is 0 Å². The van der Waals surface area contributed by atoms with Gasteiger partial charge in [-0.15, -0.1) is 0 Å².